The molecule has 0 saturated carbocycles. The van der Waals surface area contributed by atoms with E-state index in [1.165, 1.54) is 25.8 Å². The molecule has 0 aromatic carbocycles. The number of likely N-dealkylation sites (tertiary alicyclic amines) is 1. The lowest BCUT2D eigenvalue weighted by Gasteiger charge is -2.32. The summed E-state index contributed by atoms with van der Waals surface area (Å²) in [7, 11) is 2.18. The van der Waals surface area contributed by atoms with Crippen molar-refractivity contribution in [2.75, 3.05) is 32.1 Å². The van der Waals surface area contributed by atoms with E-state index in [4.69, 9.17) is 4.74 Å². The first-order valence-electron chi connectivity index (χ1n) is 8.04. The first-order valence-corrected chi connectivity index (χ1v) is 8.04. The Morgan fingerprint density at radius 2 is 2.10 bits per heavy atom. The average Bonchev–Trinajstić information content (AvgIpc) is 2.47. The van der Waals surface area contributed by atoms with Crippen LogP contribution in [0.25, 0.3) is 0 Å². The van der Waals surface area contributed by atoms with Crippen molar-refractivity contribution in [2.24, 2.45) is 0 Å². The number of nitrogens with one attached hydrogen (secondary N) is 1. The molecule has 1 aromatic heterocycles. The number of aromatic nitrogens is 2. The lowest BCUT2D eigenvalue weighted by Crippen LogP contribution is -2.40. The Hall–Kier alpha value is -1.36. The Morgan fingerprint density at radius 3 is 2.81 bits per heavy atom. The minimum atomic E-state index is 0.500. The van der Waals surface area contributed by atoms with Crippen molar-refractivity contribution in [2.45, 2.75) is 52.5 Å². The van der Waals surface area contributed by atoms with Crippen molar-refractivity contribution >= 4 is 5.82 Å². The predicted octanol–water partition coefficient (Wildman–Crippen LogP) is 2.78. The highest BCUT2D eigenvalue weighted by atomic mass is 16.5. The Kier molecular flexibility index (Phi) is 5.79. The van der Waals surface area contributed by atoms with Crippen molar-refractivity contribution in [3.63, 3.8) is 0 Å². The van der Waals surface area contributed by atoms with Crippen LogP contribution in [0.3, 0.4) is 0 Å². The molecule has 2 heterocycles. The van der Waals surface area contributed by atoms with Gasteiger partial charge in [0.2, 0.25) is 5.88 Å². The van der Waals surface area contributed by atoms with Crippen molar-refractivity contribution in [1.82, 2.24) is 14.9 Å². The molecule has 1 saturated heterocycles. The van der Waals surface area contributed by atoms with Crippen LogP contribution in [-0.2, 0) is 0 Å². The Labute approximate surface area is 128 Å². The van der Waals surface area contributed by atoms with Crippen LogP contribution in [0.2, 0.25) is 0 Å². The smallest absolute Gasteiger partial charge is 0.221 e. The van der Waals surface area contributed by atoms with Crippen LogP contribution in [0.5, 0.6) is 5.88 Å². The monoisotopic (exact) mass is 292 g/mol. The maximum Gasteiger partial charge on any atom is 0.221 e. The number of anilines is 1. The third-order valence-corrected chi connectivity index (χ3v) is 4.09. The van der Waals surface area contributed by atoms with E-state index in [9.17, 15) is 0 Å². The van der Waals surface area contributed by atoms with Crippen LogP contribution < -0.4 is 10.1 Å². The molecule has 0 amide bonds. The minimum Gasteiger partial charge on any atom is -0.476 e. The maximum atomic E-state index is 6.02. The van der Waals surface area contributed by atoms with Gasteiger partial charge in [-0.1, -0.05) is 13.3 Å². The van der Waals surface area contributed by atoms with Crippen LogP contribution in [-0.4, -0.2) is 47.7 Å². The highest BCUT2D eigenvalue weighted by Gasteiger charge is 2.20. The molecule has 1 aliphatic heterocycles. The summed E-state index contributed by atoms with van der Waals surface area (Å²) < 4.78 is 6.02. The second-order valence-corrected chi connectivity index (χ2v) is 5.92. The lowest BCUT2D eigenvalue weighted by atomic mass is 10.0. The van der Waals surface area contributed by atoms with Gasteiger partial charge in [0.05, 0.1) is 5.56 Å². The van der Waals surface area contributed by atoms with Crippen molar-refractivity contribution < 1.29 is 4.74 Å². The number of rotatable bonds is 6. The number of aryl methyl sites for hydroxylation is 1. The van der Waals surface area contributed by atoms with Crippen LogP contribution in [0.4, 0.5) is 5.82 Å². The molecule has 1 aromatic rings. The molecule has 0 radical (unpaired) electrons. The first-order chi connectivity index (χ1) is 10.1. The summed E-state index contributed by atoms with van der Waals surface area (Å²) in [6.07, 6.45) is 4.87. The SMILES string of the molecule is CCCNc1nc(C)nc(OCC2CCCCN2C)c1C. The molecule has 2 rings (SSSR count). The zero-order valence-corrected chi connectivity index (χ0v) is 13.8. The highest BCUT2D eigenvalue weighted by molar-refractivity contribution is 5.48. The van der Waals surface area contributed by atoms with E-state index in [-0.39, 0.29) is 0 Å². The number of hydrogen-bond acceptors (Lipinski definition) is 5. The minimum absolute atomic E-state index is 0.500. The van der Waals surface area contributed by atoms with Gasteiger partial charge in [0.1, 0.15) is 18.2 Å². The third kappa shape index (κ3) is 4.30. The summed E-state index contributed by atoms with van der Waals surface area (Å²) >= 11 is 0. The summed E-state index contributed by atoms with van der Waals surface area (Å²) in [4.78, 5) is 11.3. The van der Waals surface area contributed by atoms with Gasteiger partial charge in [-0.15, -0.1) is 0 Å². The topological polar surface area (TPSA) is 50.3 Å². The molecule has 1 fully saturated rings. The van der Waals surface area contributed by atoms with Gasteiger partial charge in [-0.3, -0.25) is 0 Å². The van der Waals surface area contributed by atoms with Crippen molar-refractivity contribution in [3.05, 3.63) is 11.4 Å². The molecular weight excluding hydrogens is 264 g/mol. The average molecular weight is 292 g/mol. The summed E-state index contributed by atoms with van der Waals surface area (Å²) in [5, 5.41) is 3.35. The van der Waals surface area contributed by atoms with Crippen LogP contribution in [0.1, 0.15) is 44.0 Å². The Morgan fingerprint density at radius 1 is 1.29 bits per heavy atom. The summed E-state index contributed by atoms with van der Waals surface area (Å²) in [6.45, 7) is 8.88. The van der Waals surface area contributed by atoms with Crippen LogP contribution in [0, 0.1) is 13.8 Å². The molecule has 0 spiro atoms. The van der Waals surface area contributed by atoms with E-state index in [0.717, 1.165) is 36.1 Å². The molecule has 5 nitrogen and oxygen atoms in total. The number of piperidine rings is 1. The van der Waals surface area contributed by atoms with Crippen LogP contribution in [0.15, 0.2) is 0 Å². The standard InChI is InChI=1S/C16H28N4O/c1-5-9-17-15-12(2)16(19-13(3)18-15)21-11-14-8-6-7-10-20(14)4/h14H,5-11H2,1-4H3,(H,17,18,19). The molecule has 0 aliphatic carbocycles. The van der Waals surface area contributed by atoms with Crippen molar-refractivity contribution in [1.29, 1.82) is 0 Å². The van der Waals surface area contributed by atoms with Gasteiger partial charge in [0.25, 0.3) is 0 Å². The molecule has 1 unspecified atom stereocenters. The van der Waals surface area contributed by atoms with Gasteiger partial charge < -0.3 is 15.0 Å². The van der Waals surface area contributed by atoms with Gasteiger partial charge in [-0.25, -0.2) is 4.98 Å². The van der Waals surface area contributed by atoms with Gasteiger partial charge in [0.15, 0.2) is 0 Å². The lowest BCUT2D eigenvalue weighted by molar-refractivity contribution is 0.122. The molecule has 1 atom stereocenters. The second kappa shape index (κ2) is 7.59. The van der Waals surface area contributed by atoms with E-state index in [0.29, 0.717) is 12.6 Å². The normalized spacial score (nSPS) is 19.5. The summed E-state index contributed by atoms with van der Waals surface area (Å²) in [5.74, 6) is 2.38. The predicted molar refractivity (Wildman–Crippen MR) is 86.1 cm³/mol. The zero-order valence-electron chi connectivity index (χ0n) is 13.8. The van der Waals surface area contributed by atoms with Crippen molar-refractivity contribution in [3.8, 4) is 5.88 Å². The third-order valence-electron chi connectivity index (χ3n) is 4.09. The summed E-state index contributed by atoms with van der Waals surface area (Å²) in [5.41, 5.74) is 1.01. The van der Waals surface area contributed by atoms with E-state index < -0.39 is 0 Å². The molecule has 21 heavy (non-hydrogen) atoms. The fourth-order valence-corrected chi connectivity index (χ4v) is 2.69. The zero-order chi connectivity index (χ0) is 15.2. The second-order valence-electron chi connectivity index (χ2n) is 5.92. The summed E-state index contributed by atoms with van der Waals surface area (Å²) in [6, 6.07) is 0.500. The first kappa shape index (κ1) is 16.0. The molecule has 1 N–H and O–H groups in total. The van der Waals surface area contributed by atoms with Gasteiger partial charge in [-0.2, -0.15) is 4.98 Å². The molecule has 0 bridgehead atoms. The largest absolute Gasteiger partial charge is 0.476 e. The van der Waals surface area contributed by atoms with E-state index >= 15 is 0 Å². The quantitative estimate of drug-likeness (QED) is 0.873. The molecular formula is C16H28N4O. The fourth-order valence-electron chi connectivity index (χ4n) is 2.69. The van der Waals surface area contributed by atoms with Gasteiger partial charge >= 0.3 is 0 Å². The molecule has 118 valence electrons. The van der Waals surface area contributed by atoms with Gasteiger partial charge in [-0.05, 0) is 46.7 Å². The van der Waals surface area contributed by atoms with Gasteiger partial charge in [0, 0.05) is 12.6 Å². The number of likely N-dealkylation sites (N-methyl/N-ethyl adjacent to an activating group) is 1. The number of nitrogens with zero attached hydrogens (tertiary/aromatic N) is 3. The van der Waals surface area contributed by atoms with E-state index in [1.807, 2.05) is 13.8 Å². The highest BCUT2D eigenvalue weighted by Crippen LogP contribution is 2.23. The molecule has 1 aliphatic rings. The van der Waals surface area contributed by atoms with Crippen LogP contribution >= 0.6 is 0 Å². The number of ether oxygens (including phenoxy) is 1. The maximum absolute atomic E-state index is 6.02. The molecule has 5 heteroatoms. The van der Waals surface area contributed by atoms with E-state index in [2.05, 4.69) is 34.2 Å². The Balaban J connectivity index is 2.03. The number of hydrogen-bond donors (Lipinski definition) is 1. The Bertz CT molecular complexity index is 464. The fraction of sp³-hybridized carbons (Fsp3) is 0.750. The van der Waals surface area contributed by atoms with E-state index in [1.54, 1.807) is 0 Å².